The molecular formula is C27H34O7. The minimum atomic E-state index is -0.949. The highest BCUT2D eigenvalue weighted by atomic mass is 16.6. The predicted octanol–water partition coefficient (Wildman–Crippen LogP) is 4.56. The second-order valence-corrected chi connectivity index (χ2v) is 11.6. The Kier molecular flexibility index (Phi) is 5.01. The van der Waals surface area contributed by atoms with Crippen LogP contribution in [0.4, 0.5) is 0 Å². The van der Waals surface area contributed by atoms with Gasteiger partial charge in [0.25, 0.3) is 0 Å². The van der Waals surface area contributed by atoms with E-state index in [0.717, 1.165) is 24.0 Å². The smallest absolute Gasteiger partial charge is 0.309 e. The van der Waals surface area contributed by atoms with Crippen LogP contribution in [0, 0.1) is 28.1 Å². The molecule has 0 aromatic carbocycles. The van der Waals surface area contributed by atoms with Crippen LogP contribution < -0.4 is 0 Å². The van der Waals surface area contributed by atoms with Gasteiger partial charge < -0.3 is 18.6 Å². The van der Waals surface area contributed by atoms with Crippen LogP contribution in [0.25, 0.3) is 0 Å². The van der Waals surface area contributed by atoms with Crippen molar-refractivity contribution >= 4 is 17.7 Å². The van der Waals surface area contributed by atoms with E-state index in [1.54, 1.807) is 12.5 Å². The number of carbonyl (C=O) groups is 3. The Morgan fingerprint density at radius 2 is 1.97 bits per heavy atom. The highest BCUT2D eigenvalue weighted by molar-refractivity contribution is 5.87. The van der Waals surface area contributed by atoms with E-state index in [1.807, 2.05) is 19.9 Å². The number of hydrogen-bond donors (Lipinski definition) is 0. The van der Waals surface area contributed by atoms with E-state index in [-0.39, 0.29) is 48.8 Å². The van der Waals surface area contributed by atoms with E-state index >= 15 is 0 Å². The van der Waals surface area contributed by atoms with Gasteiger partial charge in [0.2, 0.25) is 0 Å². The lowest BCUT2D eigenvalue weighted by atomic mass is 9.41. The number of rotatable bonds is 3. The van der Waals surface area contributed by atoms with Crippen LogP contribution >= 0.6 is 0 Å². The molecule has 1 aromatic heterocycles. The van der Waals surface area contributed by atoms with Gasteiger partial charge in [-0.05, 0) is 36.3 Å². The number of hydrogen-bond acceptors (Lipinski definition) is 7. The van der Waals surface area contributed by atoms with E-state index in [1.165, 1.54) is 7.11 Å². The summed E-state index contributed by atoms with van der Waals surface area (Å²) in [5.74, 6) is -0.889. The minimum Gasteiger partial charge on any atom is -0.472 e. The molecule has 34 heavy (non-hydrogen) atoms. The van der Waals surface area contributed by atoms with Gasteiger partial charge in [0.1, 0.15) is 17.5 Å². The first-order chi connectivity index (χ1) is 15.9. The van der Waals surface area contributed by atoms with E-state index < -0.39 is 34.1 Å². The predicted molar refractivity (Wildman–Crippen MR) is 121 cm³/mol. The van der Waals surface area contributed by atoms with Gasteiger partial charge in [0, 0.05) is 34.7 Å². The van der Waals surface area contributed by atoms with Crippen LogP contribution in [0.1, 0.15) is 71.5 Å². The van der Waals surface area contributed by atoms with E-state index in [2.05, 4.69) is 20.4 Å². The molecule has 2 saturated heterocycles. The van der Waals surface area contributed by atoms with Crippen LogP contribution in [0.5, 0.6) is 0 Å². The monoisotopic (exact) mass is 470 g/mol. The molecule has 184 valence electrons. The largest absolute Gasteiger partial charge is 0.472 e. The molecule has 3 heterocycles. The lowest BCUT2D eigenvalue weighted by Gasteiger charge is -2.70. The van der Waals surface area contributed by atoms with E-state index in [9.17, 15) is 14.4 Å². The van der Waals surface area contributed by atoms with Crippen molar-refractivity contribution in [1.82, 2.24) is 0 Å². The first-order valence-electron chi connectivity index (χ1n) is 12.1. The first kappa shape index (κ1) is 23.3. The molecule has 2 saturated carbocycles. The summed E-state index contributed by atoms with van der Waals surface area (Å²) in [7, 11) is 1.38. The Labute approximate surface area is 200 Å². The number of Topliss-reactive ketones (excluding diaryl/α,β-unsaturated/α-hetero) is 1. The molecular weight excluding hydrogens is 436 g/mol. The van der Waals surface area contributed by atoms with Crippen LogP contribution in [0.15, 0.2) is 35.2 Å². The topological polar surface area (TPSA) is 92.0 Å². The minimum absolute atomic E-state index is 0.00254. The average Bonchev–Trinajstić information content (AvgIpc) is 3.30. The molecule has 4 aliphatic rings. The maximum atomic E-state index is 13.4. The third-order valence-electron chi connectivity index (χ3n) is 9.98. The number of carbonyl (C=O) groups excluding carboxylic acids is 3. The second kappa shape index (κ2) is 7.30. The summed E-state index contributed by atoms with van der Waals surface area (Å²) in [6, 6.07) is 1.82. The number of ketones is 1. The highest BCUT2D eigenvalue weighted by Crippen LogP contribution is 2.71. The summed E-state index contributed by atoms with van der Waals surface area (Å²) < 4.78 is 23.2. The van der Waals surface area contributed by atoms with Gasteiger partial charge in [-0.3, -0.25) is 14.4 Å². The van der Waals surface area contributed by atoms with Crippen molar-refractivity contribution in [2.24, 2.45) is 28.1 Å². The molecule has 2 bridgehead atoms. The first-order valence-corrected chi connectivity index (χ1v) is 12.1. The summed E-state index contributed by atoms with van der Waals surface area (Å²) in [4.78, 5) is 38.8. The summed E-state index contributed by atoms with van der Waals surface area (Å²) in [6.45, 7) is 12.6. The van der Waals surface area contributed by atoms with Gasteiger partial charge in [0.05, 0.1) is 32.2 Å². The lowest BCUT2D eigenvalue weighted by Crippen LogP contribution is -2.72. The van der Waals surface area contributed by atoms with Crippen molar-refractivity contribution in [1.29, 1.82) is 0 Å². The quantitative estimate of drug-likeness (QED) is 0.472. The molecule has 7 atom stereocenters. The molecule has 0 unspecified atom stereocenters. The van der Waals surface area contributed by atoms with Gasteiger partial charge in [0.15, 0.2) is 0 Å². The van der Waals surface area contributed by atoms with Crippen molar-refractivity contribution < 1.29 is 33.0 Å². The van der Waals surface area contributed by atoms with Crippen molar-refractivity contribution in [3.05, 3.63) is 36.3 Å². The molecule has 7 nitrogen and oxygen atoms in total. The Bertz CT molecular complexity index is 1060. The van der Waals surface area contributed by atoms with E-state index in [0.29, 0.717) is 0 Å². The van der Waals surface area contributed by atoms with Crippen LogP contribution in [-0.4, -0.2) is 36.5 Å². The average molecular weight is 471 g/mol. The molecule has 0 amide bonds. The van der Waals surface area contributed by atoms with Gasteiger partial charge >= 0.3 is 11.9 Å². The Morgan fingerprint density at radius 1 is 1.24 bits per heavy atom. The molecule has 0 radical (unpaired) electrons. The number of fused-ring (bicyclic) bond motifs is 3. The lowest BCUT2D eigenvalue weighted by molar-refractivity contribution is -0.298. The maximum Gasteiger partial charge on any atom is 0.309 e. The van der Waals surface area contributed by atoms with E-state index in [4.69, 9.17) is 18.6 Å². The van der Waals surface area contributed by atoms with Crippen molar-refractivity contribution in [2.45, 2.75) is 77.6 Å². The third kappa shape index (κ3) is 2.76. The second-order valence-electron chi connectivity index (χ2n) is 11.6. The van der Waals surface area contributed by atoms with Gasteiger partial charge in [-0.2, -0.15) is 0 Å². The SMILES string of the molecule is C=C1[C@H]2CC[C@]3(C)[C@@H](c4ccoc4)OC(=O)C[C@@]13O[C@H]1CC(=O)C(C)(C)[C@@H](CC(=O)OC)[C@@]12C. The summed E-state index contributed by atoms with van der Waals surface area (Å²) in [5, 5.41) is 0. The van der Waals surface area contributed by atoms with Crippen LogP contribution in [0.3, 0.4) is 0 Å². The van der Waals surface area contributed by atoms with Gasteiger partial charge in [-0.1, -0.05) is 34.3 Å². The summed E-state index contributed by atoms with van der Waals surface area (Å²) in [6.07, 6.45) is 4.23. The number of ether oxygens (including phenoxy) is 3. The third-order valence-corrected chi connectivity index (χ3v) is 9.98. The zero-order valence-corrected chi connectivity index (χ0v) is 20.6. The molecule has 0 N–H and O–H groups in total. The standard InChI is InChI=1S/C27H34O7/c1-15-17-7-9-25(4)23(16-8-10-32-14-16)33-22(30)13-27(15,25)34-20-12-19(28)24(2,3)18(26(17,20)5)11-21(29)31-6/h8,10,14,17-18,20,23H,1,7,9,11-13H2,2-6H3/t17-,18-,20+,23-,25-,26+,27-/m1/s1. The number of esters is 2. The zero-order chi connectivity index (χ0) is 24.7. The van der Waals surface area contributed by atoms with Crippen LogP contribution in [0.2, 0.25) is 0 Å². The Morgan fingerprint density at radius 3 is 2.62 bits per heavy atom. The maximum absolute atomic E-state index is 13.4. The number of furan rings is 1. The molecule has 1 spiro atoms. The highest BCUT2D eigenvalue weighted by Gasteiger charge is 2.73. The Balaban J connectivity index is 1.63. The molecule has 2 aliphatic carbocycles. The fraction of sp³-hybridized carbons (Fsp3) is 0.667. The molecule has 4 fully saturated rings. The van der Waals surface area contributed by atoms with Gasteiger partial charge in [-0.15, -0.1) is 0 Å². The molecule has 2 aliphatic heterocycles. The summed E-state index contributed by atoms with van der Waals surface area (Å²) >= 11 is 0. The van der Waals surface area contributed by atoms with Crippen molar-refractivity contribution in [2.75, 3.05) is 7.11 Å². The number of cyclic esters (lactones) is 1. The van der Waals surface area contributed by atoms with Crippen LogP contribution in [-0.2, 0) is 28.6 Å². The molecule has 1 aromatic rings. The fourth-order valence-corrected chi connectivity index (χ4v) is 7.88. The van der Waals surface area contributed by atoms with Crippen molar-refractivity contribution in [3.8, 4) is 0 Å². The molecule has 7 heteroatoms. The summed E-state index contributed by atoms with van der Waals surface area (Å²) in [5.41, 5.74) is -1.05. The Hall–Kier alpha value is -2.41. The fourth-order valence-electron chi connectivity index (χ4n) is 7.88. The van der Waals surface area contributed by atoms with Crippen molar-refractivity contribution in [3.63, 3.8) is 0 Å². The normalized spacial score (nSPS) is 42.9. The zero-order valence-electron chi connectivity index (χ0n) is 20.6. The number of methoxy groups -OCH3 is 1. The molecule has 5 rings (SSSR count). The van der Waals surface area contributed by atoms with Gasteiger partial charge in [-0.25, -0.2) is 0 Å².